The van der Waals surface area contributed by atoms with Crippen LogP contribution in [0.5, 0.6) is 0 Å². The molecule has 0 aromatic heterocycles. The first-order valence-corrected chi connectivity index (χ1v) is 9.01. The van der Waals surface area contributed by atoms with E-state index in [0.717, 1.165) is 19.5 Å². The highest BCUT2D eigenvalue weighted by atomic mass is 16.2. The van der Waals surface area contributed by atoms with Gasteiger partial charge in [-0.3, -0.25) is 4.79 Å². The lowest BCUT2D eigenvalue weighted by atomic mass is 10.1. The van der Waals surface area contributed by atoms with Crippen LogP contribution in [0.4, 0.5) is 0 Å². The first kappa shape index (κ1) is 18.0. The Kier molecular flexibility index (Phi) is 10.9. The molecule has 0 aliphatic carbocycles. The Labute approximate surface area is 131 Å². The molecule has 1 amide bonds. The molecule has 21 heavy (non-hydrogen) atoms. The van der Waals surface area contributed by atoms with Gasteiger partial charge in [-0.15, -0.1) is 5.73 Å². The summed E-state index contributed by atoms with van der Waals surface area (Å²) in [5.41, 5.74) is 3.17. The molecular formula is C19H33NO. The second-order valence-electron chi connectivity index (χ2n) is 6.13. The predicted molar refractivity (Wildman–Crippen MR) is 90.3 cm³/mol. The summed E-state index contributed by atoms with van der Waals surface area (Å²) < 4.78 is 0. The summed E-state index contributed by atoms with van der Waals surface area (Å²) in [6.45, 7) is 4.16. The second kappa shape index (κ2) is 12.7. The number of amides is 1. The smallest absolute Gasteiger partial charge is 0.227 e. The van der Waals surface area contributed by atoms with Crippen LogP contribution < -0.4 is 0 Å². The number of unbranched alkanes of at least 4 members (excludes halogenated alkanes) is 7. The second-order valence-corrected chi connectivity index (χ2v) is 6.13. The molecule has 0 aromatic rings. The maximum Gasteiger partial charge on any atom is 0.227 e. The van der Waals surface area contributed by atoms with E-state index in [9.17, 15) is 4.79 Å². The lowest BCUT2D eigenvalue weighted by Gasteiger charge is -2.26. The highest BCUT2D eigenvalue weighted by molar-refractivity contribution is 5.77. The maximum atomic E-state index is 11.9. The molecule has 0 spiro atoms. The Bertz CT molecular complexity index is 322. The topological polar surface area (TPSA) is 20.3 Å². The minimum atomic E-state index is 0.270. The Morgan fingerprint density at radius 3 is 2.33 bits per heavy atom. The lowest BCUT2D eigenvalue weighted by molar-refractivity contribution is -0.131. The van der Waals surface area contributed by atoms with Crippen molar-refractivity contribution in [2.24, 2.45) is 0 Å². The average Bonchev–Trinajstić information content (AvgIpc) is 2.53. The van der Waals surface area contributed by atoms with Crippen molar-refractivity contribution in [1.29, 1.82) is 0 Å². The molecule has 1 saturated heterocycles. The van der Waals surface area contributed by atoms with Crippen molar-refractivity contribution < 1.29 is 4.79 Å². The van der Waals surface area contributed by atoms with E-state index in [1.807, 2.05) is 11.0 Å². The highest BCUT2D eigenvalue weighted by Gasteiger charge is 2.14. The number of carbonyl (C=O) groups is 1. The third-order valence-corrected chi connectivity index (χ3v) is 4.17. The number of carbonyl (C=O) groups excluding carboxylic acids is 1. The zero-order valence-corrected chi connectivity index (χ0v) is 13.9. The van der Waals surface area contributed by atoms with Crippen LogP contribution in [0.1, 0.15) is 84.0 Å². The quantitative estimate of drug-likeness (QED) is 0.398. The number of rotatable bonds is 10. The van der Waals surface area contributed by atoms with Gasteiger partial charge in [0.05, 0.1) is 6.42 Å². The van der Waals surface area contributed by atoms with Crippen molar-refractivity contribution in [2.75, 3.05) is 13.1 Å². The summed E-state index contributed by atoms with van der Waals surface area (Å²) in [7, 11) is 0. The molecule has 0 aromatic carbocycles. The van der Waals surface area contributed by atoms with Crippen LogP contribution in [0.15, 0.2) is 17.9 Å². The van der Waals surface area contributed by atoms with E-state index >= 15 is 0 Å². The van der Waals surface area contributed by atoms with Crippen molar-refractivity contribution in [3.05, 3.63) is 17.9 Å². The van der Waals surface area contributed by atoms with E-state index in [2.05, 4.69) is 18.7 Å². The fraction of sp³-hybridized carbons (Fsp3) is 0.789. The first-order valence-electron chi connectivity index (χ1n) is 9.01. The number of likely N-dealkylation sites (tertiary alicyclic amines) is 1. The lowest BCUT2D eigenvalue weighted by Crippen LogP contribution is -2.35. The molecule has 1 aliphatic rings. The minimum absolute atomic E-state index is 0.270. The van der Waals surface area contributed by atoms with Crippen LogP contribution in [0, 0.1) is 0 Å². The SMILES string of the molecule is CCCCCCCCCC=C=CCC(=O)N1CCCCC1. The van der Waals surface area contributed by atoms with Crippen LogP contribution in [0.3, 0.4) is 0 Å². The molecule has 2 heteroatoms. The fourth-order valence-corrected chi connectivity index (χ4v) is 2.79. The number of nitrogens with zero attached hydrogens (tertiary/aromatic N) is 1. The van der Waals surface area contributed by atoms with Gasteiger partial charge in [-0.2, -0.15) is 0 Å². The van der Waals surface area contributed by atoms with Crippen molar-refractivity contribution in [1.82, 2.24) is 4.90 Å². The van der Waals surface area contributed by atoms with Crippen molar-refractivity contribution in [3.8, 4) is 0 Å². The van der Waals surface area contributed by atoms with E-state index in [0.29, 0.717) is 6.42 Å². The molecule has 1 heterocycles. The summed E-state index contributed by atoms with van der Waals surface area (Å²) in [5, 5.41) is 0. The van der Waals surface area contributed by atoms with E-state index in [-0.39, 0.29) is 5.91 Å². The van der Waals surface area contributed by atoms with Gasteiger partial charge in [-0.1, -0.05) is 45.4 Å². The van der Waals surface area contributed by atoms with Gasteiger partial charge in [0.1, 0.15) is 0 Å². The van der Waals surface area contributed by atoms with Crippen molar-refractivity contribution >= 4 is 5.91 Å². The molecule has 120 valence electrons. The van der Waals surface area contributed by atoms with Crippen LogP contribution >= 0.6 is 0 Å². The molecule has 0 atom stereocenters. The summed E-state index contributed by atoms with van der Waals surface area (Å²) in [6, 6.07) is 0. The highest BCUT2D eigenvalue weighted by Crippen LogP contribution is 2.10. The van der Waals surface area contributed by atoms with Crippen molar-refractivity contribution in [3.63, 3.8) is 0 Å². The average molecular weight is 291 g/mol. The Hall–Kier alpha value is -1.01. The first-order chi connectivity index (χ1) is 10.3. The third-order valence-electron chi connectivity index (χ3n) is 4.17. The van der Waals surface area contributed by atoms with E-state index in [1.165, 1.54) is 64.2 Å². The van der Waals surface area contributed by atoms with Crippen LogP contribution in [-0.4, -0.2) is 23.9 Å². The number of hydrogen-bond donors (Lipinski definition) is 0. The molecule has 0 saturated carbocycles. The molecule has 1 fully saturated rings. The molecule has 2 nitrogen and oxygen atoms in total. The van der Waals surface area contributed by atoms with Gasteiger partial charge in [-0.25, -0.2) is 0 Å². The summed E-state index contributed by atoms with van der Waals surface area (Å²) in [6.07, 6.45) is 18.7. The predicted octanol–water partition coefficient (Wildman–Crippen LogP) is 5.24. The largest absolute Gasteiger partial charge is 0.342 e. The standard InChI is InChI=1S/C19H33NO/c1-2-3-4-5-6-7-8-9-10-11-13-16-19(21)20-17-14-12-15-18-20/h10,13H,2-9,12,14-18H2,1H3. The molecule has 0 N–H and O–H groups in total. The minimum Gasteiger partial charge on any atom is -0.342 e. The molecular weight excluding hydrogens is 258 g/mol. The molecule has 1 rings (SSSR count). The van der Waals surface area contributed by atoms with E-state index < -0.39 is 0 Å². The van der Waals surface area contributed by atoms with Gasteiger partial charge in [-0.05, 0) is 44.3 Å². The molecule has 0 bridgehead atoms. The Morgan fingerprint density at radius 2 is 1.62 bits per heavy atom. The van der Waals surface area contributed by atoms with Gasteiger partial charge in [0.2, 0.25) is 5.91 Å². The van der Waals surface area contributed by atoms with Gasteiger partial charge in [0.25, 0.3) is 0 Å². The normalized spacial score (nSPS) is 14.6. The van der Waals surface area contributed by atoms with Crippen LogP contribution in [0.2, 0.25) is 0 Å². The molecule has 1 aliphatic heterocycles. The Morgan fingerprint density at radius 1 is 0.952 bits per heavy atom. The fourth-order valence-electron chi connectivity index (χ4n) is 2.79. The van der Waals surface area contributed by atoms with Gasteiger partial charge in [0, 0.05) is 13.1 Å². The van der Waals surface area contributed by atoms with E-state index in [4.69, 9.17) is 0 Å². The van der Waals surface area contributed by atoms with E-state index in [1.54, 1.807) is 0 Å². The van der Waals surface area contributed by atoms with Crippen LogP contribution in [0.25, 0.3) is 0 Å². The zero-order valence-electron chi connectivity index (χ0n) is 13.9. The molecule has 0 radical (unpaired) electrons. The van der Waals surface area contributed by atoms with Crippen LogP contribution in [-0.2, 0) is 4.79 Å². The zero-order chi connectivity index (χ0) is 15.2. The summed E-state index contributed by atoms with van der Waals surface area (Å²) >= 11 is 0. The van der Waals surface area contributed by atoms with Crippen molar-refractivity contribution in [2.45, 2.75) is 84.0 Å². The molecule has 0 unspecified atom stereocenters. The van der Waals surface area contributed by atoms with Gasteiger partial charge in [0.15, 0.2) is 0 Å². The number of piperidine rings is 1. The van der Waals surface area contributed by atoms with Gasteiger partial charge >= 0.3 is 0 Å². The number of hydrogen-bond acceptors (Lipinski definition) is 1. The summed E-state index contributed by atoms with van der Waals surface area (Å²) in [4.78, 5) is 13.9. The maximum absolute atomic E-state index is 11.9. The summed E-state index contributed by atoms with van der Waals surface area (Å²) in [5.74, 6) is 0.270. The third kappa shape index (κ3) is 9.52. The Balaban J connectivity index is 1.98. The monoisotopic (exact) mass is 291 g/mol. The van der Waals surface area contributed by atoms with Gasteiger partial charge < -0.3 is 4.90 Å².